The van der Waals surface area contributed by atoms with Crippen molar-refractivity contribution in [3.05, 3.63) is 23.1 Å². The molecule has 0 saturated carbocycles. The number of ether oxygens (including phenoxy) is 2. The molecule has 0 fully saturated rings. The van der Waals surface area contributed by atoms with Crippen LogP contribution in [0.1, 0.15) is 17.7 Å². The van der Waals surface area contributed by atoms with Gasteiger partial charge in [0.1, 0.15) is 6.54 Å². The van der Waals surface area contributed by atoms with Gasteiger partial charge in [0.25, 0.3) is 5.92 Å². The molecule has 0 atom stereocenters. The van der Waals surface area contributed by atoms with Gasteiger partial charge in [-0.2, -0.15) is 0 Å². The number of alkyl halides is 2. The summed E-state index contributed by atoms with van der Waals surface area (Å²) < 4.78 is 39.7. The van der Waals surface area contributed by atoms with Crippen molar-refractivity contribution in [2.45, 2.75) is 18.8 Å². The second-order valence-corrected chi connectivity index (χ2v) is 6.49. The topological polar surface area (TPSA) is 96.3 Å². The average molecular weight is 389 g/mol. The number of methoxy groups -OCH3 is 2. The minimum absolute atomic E-state index is 0.0843. The van der Waals surface area contributed by atoms with Gasteiger partial charge in [0.2, 0.25) is 5.91 Å². The number of nitrogens with zero attached hydrogens (tertiary/aromatic N) is 1. The van der Waals surface area contributed by atoms with E-state index in [1.54, 1.807) is 12.1 Å². The van der Waals surface area contributed by atoms with Crippen LogP contribution >= 0.6 is 11.3 Å². The summed E-state index contributed by atoms with van der Waals surface area (Å²) in [6.45, 7) is -0.965. The third-order valence-electron chi connectivity index (χ3n) is 3.61. The molecule has 0 bridgehead atoms. The predicted molar refractivity (Wildman–Crippen MR) is 89.2 cm³/mol. The first-order valence-corrected chi connectivity index (χ1v) is 8.24. The summed E-state index contributed by atoms with van der Waals surface area (Å²) in [7, 11) is 2.88. The Morgan fingerprint density at radius 1 is 1.19 bits per heavy atom. The number of carbonyl (C=O) groups excluding carboxylic acids is 1. The molecule has 0 aliphatic rings. The zero-order valence-electron chi connectivity index (χ0n) is 14.0. The van der Waals surface area contributed by atoms with Crippen molar-refractivity contribution in [1.29, 1.82) is 0 Å². The number of hydrogen-bond acceptors (Lipinski definition) is 6. The minimum atomic E-state index is -3.32. The van der Waals surface area contributed by atoms with E-state index in [4.69, 9.17) is 14.6 Å². The molecule has 0 aliphatic carbocycles. The monoisotopic (exact) mass is 389 g/mol. The van der Waals surface area contributed by atoms with Crippen molar-refractivity contribution in [3.8, 4) is 11.5 Å². The van der Waals surface area contributed by atoms with Crippen molar-refractivity contribution >= 4 is 33.3 Å². The first-order chi connectivity index (χ1) is 12.2. The predicted octanol–water partition coefficient (Wildman–Crippen LogP) is 3.09. The van der Waals surface area contributed by atoms with E-state index in [9.17, 15) is 23.6 Å². The maximum Gasteiger partial charge on any atom is 0.325 e. The standard InChI is InChI=1S/C16H17F2NO6S/c1-24-10-5-9-6-13(26-12(9)7-11(10)25-2)16(17,18)4-3-14(20)19(23)8-15(21)22/h5-7,23H,3-4,8H2,1-2H3,(H,21,22). The largest absolute Gasteiger partial charge is 0.493 e. The second-order valence-electron chi connectivity index (χ2n) is 5.41. The van der Waals surface area contributed by atoms with Crippen LogP contribution in [0.15, 0.2) is 18.2 Å². The van der Waals surface area contributed by atoms with E-state index < -0.39 is 37.2 Å². The fourth-order valence-electron chi connectivity index (χ4n) is 2.28. The highest BCUT2D eigenvalue weighted by Gasteiger charge is 2.35. The summed E-state index contributed by atoms with van der Waals surface area (Å²) in [5.74, 6) is -5.02. The lowest BCUT2D eigenvalue weighted by Gasteiger charge is -2.16. The van der Waals surface area contributed by atoms with Gasteiger partial charge < -0.3 is 14.6 Å². The third kappa shape index (κ3) is 4.38. The molecule has 10 heteroatoms. The highest BCUT2D eigenvalue weighted by molar-refractivity contribution is 7.19. The summed E-state index contributed by atoms with van der Waals surface area (Å²) in [6, 6.07) is 4.48. The number of carbonyl (C=O) groups is 2. The smallest absolute Gasteiger partial charge is 0.325 e. The summed E-state index contributed by atoms with van der Waals surface area (Å²) in [4.78, 5) is 21.7. The highest BCUT2D eigenvalue weighted by Crippen LogP contribution is 2.43. The van der Waals surface area contributed by atoms with Crippen LogP contribution in [0.2, 0.25) is 0 Å². The van der Waals surface area contributed by atoms with E-state index in [1.165, 1.54) is 20.3 Å². The molecule has 0 spiro atoms. The van der Waals surface area contributed by atoms with Crippen LogP contribution in [0.3, 0.4) is 0 Å². The molecule has 0 unspecified atom stereocenters. The second kappa shape index (κ2) is 7.83. The van der Waals surface area contributed by atoms with Crippen LogP contribution in [-0.4, -0.2) is 48.0 Å². The van der Waals surface area contributed by atoms with Gasteiger partial charge in [0, 0.05) is 23.6 Å². The van der Waals surface area contributed by atoms with Crippen molar-refractivity contribution < 1.29 is 38.2 Å². The average Bonchev–Trinajstić information content (AvgIpc) is 3.01. The first kappa shape index (κ1) is 19.9. The number of hydrogen-bond donors (Lipinski definition) is 2. The fourth-order valence-corrected chi connectivity index (χ4v) is 3.35. The van der Waals surface area contributed by atoms with Crippen molar-refractivity contribution in [1.82, 2.24) is 5.06 Å². The maximum atomic E-state index is 14.4. The highest BCUT2D eigenvalue weighted by atomic mass is 32.1. The maximum absolute atomic E-state index is 14.4. The van der Waals surface area contributed by atoms with Gasteiger partial charge in [-0.05, 0) is 17.5 Å². The molecule has 2 N–H and O–H groups in total. The van der Waals surface area contributed by atoms with Gasteiger partial charge in [-0.3, -0.25) is 14.8 Å². The zero-order valence-corrected chi connectivity index (χ0v) is 14.8. The molecule has 142 valence electrons. The SMILES string of the molecule is COc1cc2cc(C(F)(F)CCC(=O)N(O)CC(=O)O)sc2cc1OC. The van der Waals surface area contributed by atoms with Crippen molar-refractivity contribution in [2.24, 2.45) is 0 Å². The molecule has 0 radical (unpaired) electrons. The lowest BCUT2D eigenvalue weighted by molar-refractivity contribution is -0.174. The van der Waals surface area contributed by atoms with Gasteiger partial charge in [0.15, 0.2) is 11.5 Å². The van der Waals surface area contributed by atoms with Gasteiger partial charge in [-0.25, -0.2) is 13.8 Å². The molecule has 2 aromatic rings. The number of carboxylic acid groups (broad SMARTS) is 1. The van der Waals surface area contributed by atoms with E-state index in [0.29, 0.717) is 21.6 Å². The molecular formula is C16H17F2NO6S. The molecule has 1 aromatic heterocycles. The van der Waals surface area contributed by atoms with Crippen LogP contribution in [0.5, 0.6) is 11.5 Å². The number of carboxylic acids is 1. The number of fused-ring (bicyclic) bond motifs is 1. The summed E-state index contributed by atoms with van der Waals surface area (Å²) in [5, 5.41) is 18.2. The molecule has 7 nitrogen and oxygen atoms in total. The molecule has 1 heterocycles. The Morgan fingerprint density at radius 2 is 1.81 bits per heavy atom. The molecule has 1 amide bonds. The lowest BCUT2D eigenvalue weighted by atomic mass is 10.1. The number of halogens is 2. The van der Waals surface area contributed by atoms with Gasteiger partial charge in [-0.1, -0.05) is 0 Å². The summed E-state index contributed by atoms with van der Waals surface area (Å²) in [5.41, 5.74) is 0. The fraction of sp³-hybridized carbons (Fsp3) is 0.375. The van der Waals surface area contributed by atoms with Crippen molar-refractivity contribution in [2.75, 3.05) is 20.8 Å². The lowest BCUT2D eigenvalue weighted by Crippen LogP contribution is -2.33. The molecule has 26 heavy (non-hydrogen) atoms. The quantitative estimate of drug-likeness (QED) is 0.532. The van der Waals surface area contributed by atoms with Crippen LogP contribution in [-0.2, 0) is 15.5 Å². The van der Waals surface area contributed by atoms with Crippen LogP contribution in [0.25, 0.3) is 10.1 Å². The number of aliphatic carboxylic acids is 1. The summed E-state index contributed by atoms with van der Waals surface area (Å²) in [6.07, 6.45) is -1.55. The van der Waals surface area contributed by atoms with E-state index in [1.807, 2.05) is 0 Å². The van der Waals surface area contributed by atoms with E-state index >= 15 is 0 Å². The van der Waals surface area contributed by atoms with Crippen LogP contribution in [0.4, 0.5) is 8.78 Å². The van der Waals surface area contributed by atoms with Gasteiger partial charge in [-0.15, -0.1) is 11.3 Å². The number of rotatable bonds is 8. The van der Waals surface area contributed by atoms with Gasteiger partial charge in [0.05, 0.1) is 19.1 Å². The number of benzene rings is 1. The number of amides is 1. The molecular weight excluding hydrogens is 372 g/mol. The molecule has 0 aliphatic heterocycles. The number of thiophene rings is 1. The summed E-state index contributed by atoms with van der Waals surface area (Å²) >= 11 is 0.857. The van der Waals surface area contributed by atoms with Gasteiger partial charge >= 0.3 is 5.97 Å². The Bertz CT molecular complexity index is 781. The third-order valence-corrected chi connectivity index (χ3v) is 4.82. The Balaban J connectivity index is 2.17. The Hall–Kier alpha value is -2.46. The van der Waals surface area contributed by atoms with Crippen LogP contribution < -0.4 is 9.47 Å². The zero-order chi connectivity index (χ0) is 19.5. The Kier molecular flexibility index (Phi) is 5.98. The molecule has 1 aromatic carbocycles. The normalized spacial score (nSPS) is 11.4. The minimum Gasteiger partial charge on any atom is -0.493 e. The van der Waals surface area contributed by atoms with Crippen LogP contribution in [0, 0.1) is 0 Å². The number of hydroxylamine groups is 2. The Labute approximate surface area is 151 Å². The van der Waals surface area contributed by atoms with E-state index in [2.05, 4.69) is 0 Å². The van der Waals surface area contributed by atoms with E-state index in [0.717, 1.165) is 11.3 Å². The Morgan fingerprint density at radius 3 is 2.38 bits per heavy atom. The molecule has 0 saturated heterocycles. The van der Waals surface area contributed by atoms with Crippen molar-refractivity contribution in [3.63, 3.8) is 0 Å². The van der Waals surface area contributed by atoms with E-state index in [-0.39, 0.29) is 9.94 Å². The first-order valence-electron chi connectivity index (χ1n) is 7.43. The molecule has 2 rings (SSSR count).